The molecule has 0 N–H and O–H groups in total. The van der Waals surface area contributed by atoms with Crippen LogP contribution in [0.4, 0.5) is 4.39 Å². The normalized spacial score (nSPS) is 13.4. The van der Waals surface area contributed by atoms with E-state index >= 15 is 0 Å². The number of rotatable bonds is 8. The highest BCUT2D eigenvalue weighted by molar-refractivity contribution is 7.99. The minimum atomic E-state index is -0.295. The van der Waals surface area contributed by atoms with Crippen molar-refractivity contribution in [3.05, 3.63) is 77.4 Å². The zero-order valence-electron chi connectivity index (χ0n) is 16.3. The molecule has 1 aliphatic carbocycles. The van der Waals surface area contributed by atoms with Crippen molar-refractivity contribution in [1.82, 2.24) is 19.7 Å². The summed E-state index contributed by atoms with van der Waals surface area (Å²) in [6.45, 7) is 0.942. The number of halogens is 1. The summed E-state index contributed by atoms with van der Waals surface area (Å²) < 4.78 is 16.0. The van der Waals surface area contributed by atoms with Crippen molar-refractivity contribution < 1.29 is 9.18 Å². The van der Waals surface area contributed by atoms with Crippen LogP contribution in [0.25, 0.3) is 0 Å². The molecule has 0 bridgehead atoms. The third-order valence-electron chi connectivity index (χ3n) is 4.99. The number of carbonyl (C=O) groups excluding carboxylic acids is 1. The molecule has 2 aromatic carbocycles. The van der Waals surface area contributed by atoms with Gasteiger partial charge in [0.25, 0.3) is 0 Å². The third-order valence-corrected chi connectivity index (χ3v) is 5.94. The first-order valence-corrected chi connectivity index (χ1v) is 10.7. The molecule has 1 saturated carbocycles. The molecule has 0 atom stereocenters. The summed E-state index contributed by atoms with van der Waals surface area (Å²) in [5.41, 5.74) is 1.69. The highest BCUT2D eigenvalue weighted by Gasteiger charge is 2.30. The summed E-state index contributed by atoms with van der Waals surface area (Å²) in [5.74, 6) is 1.35. The lowest BCUT2D eigenvalue weighted by Crippen LogP contribution is -2.28. The van der Waals surface area contributed by atoms with Crippen LogP contribution in [0, 0.1) is 5.82 Å². The highest BCUT2D eigenvalue weighted by Crippen LogP contribution is 2.40. The van der Waals surface area contributed by atoms with Gasteiger partial charge in [-0.15, -0.1) is 10.2 Å². The Labute approximate surface area is 173 Å². The fourth-order valence-electron chi connectivity index (χ4n) is 3.17. The average molecular weight is 411 g/mol. The van der Waals surface area contributed by atoms with Crippen molar-refractivity contribution in [2.45, 2.75) is 37.0 Å². The van der Waals surface area contributed by atoms with Crippen molar-refractivity contribution in [1.29, 1.82) is 0 Å². The lowest BCUT2D eigenvalue weighted by atomic mass is 10.2. The number of aromatic nitrogens is 3. The second kappa shape index (κ2) is 8.78. The Morgan fingerprint density at radius 2 is 1.86 bits per heavy atom. The number of nitrogens with zero attached hydrogens (tertiary/aromatic N) is 4. The van der Waals surface area contributed by atoms with E-state index in [1.807, 2.05) is 18.2 Å². The predicted octanol–water partition coefficient (Wildman–Crippen LogP) is 4.09. The van der Waals surface area contributed by atoms with Crippen molar-refractivity contribution in [2.75, 3.05) is 12.8 Å². The van der Waals surface area contributed by atoms with E-state index in [9.17, 15) is 9.18 Å². The molecular weight excluding hydrogens is 387 g/mol. The van der Waals surface area contributed by atoms with Crippen LogP contribution in [-0.2, 0) is 17.9 Å². The zero-order chi connectivity index (χ0) is 20.2. The van der Waals surface area contributed by atoms with Crippen LogP contribution in [0.15, 0.2) is 59.8 Å². The minimum absolute atomic E-state index is 0.0690. The van der Waals surface area contributed by atoms with E-state index in [-0.39, 0.29) is 24.0 Å². The summed E-state index contributed by atoms with van der Waals surface area (Å²) in [7, 11) is 1.69. The van der Waals surface area contributed by atoms with Gasteiger partial charge in [0.05, 0.1) is 12.3 Å². The number of benzene rings is 2. The van der Waals surface area contributed by atoms with Gasteiger partial charge < -0.3 is 9.47 Å². The van der Waals surface area contributed by atoms with Gasteiger partial charge >= 0.3 is 0 Å². The van der Waals surface area contributed by atoms with E-state index in [0.717, 1.165) is 23.8 Å². The molecule has 0 spiro atoms. The topological polar surface area (TPSA) is 51.0 Å². The second-order valence-corrected chi connectivity index (χ2v) is 8.26. The summed E-state index contributed by atoms with van der Waals surface area (Å²) in [5, 5.41) is 9.50. The molecular formula is C22H23FN4OS. The maximum atomic E-state index is 13.8. The summed E-state index contributed by atoms with van der Waals surface area (Å²) in [6.07, 6.45) is 2.28. The Morgan fingerprint density at radius 3 is 2.59 bits per heavy atom. The lowest BCUT2D eigenvalue weighted by Gasteiger charge is -2.17. The van der Waals surface area contributed by atoms with Gasteiger partial charge in [0.15, 0.2) is 5.16 Å². The molecule has 7 heteroatoms. The fourth-order valence-corrected chi connectivity index (χ4v) is 4.06. The van der Waals surface area contributed by atoms with Crippen molar-refractivity contribution in [3.63, 3.8) is 0 Å². The van der Waals surface area contributed by atoms with Crippen molar-refractivity contribution in [3.8, 4) is 0 Å². The van der Waals surface area contributed by atoms with Crippen LogP contribution in [0.1, 0.15) is 35.7 Å². The molecule has 0 unspecified atom stereocenters. The minimum Gasteiger partial charge on any atom is -0.341 e. The maximum Gasteiger partial charge on any atom is 0.233 e. The summed E-state index contributed by atoms with van der Waals surface area (Å²) in [4.78, 5) is 14.1. The molecule has 1 aliphatic rings. The molecule has 0 saturated heterocycles. The Balaban J connectivity index is 1.42. The highest BCUT2D eigenvalue weighted by atomic mass is 32.2. The molecule has 29 heavy (non-hydrogen) atoms. The molecule has 4 rings (SSSR count). The Morgan fingerprint density at radius 1 is 1.14 bits per heavy atom. The van der Waals surface area contributed by atoms with E-state index in [4.69, 9.17) is 0 Å². The van der Waals surface area contributed by atoms with Gasteiger partial charge in [0.2, 0.25) is 5.91 Å². The SMILES string of the molecule is CN(Cc1ccccc1F)C(=O)CSc1nnc(C2CC2)n1Cc1ccccc1. The van der Waals surface area contributed by atoms with Gasteiger partial charge in [-0.05, 0) is 24.5 Å². The largest absolute Gasteiger partial charge is 0.341 e. The molecule has 3 aromatic rings. The van der Waals surface area contributed by atoms with E-state index in [0.29, 0.717) is 18.0 Å². The zero-order valence-corrected chi connectivity index (χ0v) is 17.1. The van der Waals surface area contributed by atoms with Crippen molar-refractivity contribution in [2.24, 2.45) is 0 Å². The Bertz CT molecular complexity index is 987. The number of carbonyl (C=O) groups is 1. The Hall–Kier alpha value is -2.67. The molecule has 0 aliphatic heterocycles. The lowest BCUT2D eigenvalue weighted by molar-refractivity contribution is -0.127. The van der Waals surface area contributed by atoms with Gasteiger partial charge in [-0.3, -0.25) is 4.79 Å². The number of hydrogen-bond donors (Lipinski definition) is 0. The Kier molecular flexibility index (Phi) is 5.94. The van der Waals surface area contributed by atoms with Crippen LogP contribution >= 0.6 is 11.8 Å². The number of amides is 1. The fraction of sp³-hybridized carbons (Fsp3) is 0.318. The van der Waals surface area contributed by atoms with Crippen LogP contribution in [0.3, 0.4) is 0 Å². The predicted molar refractivity (Wildman–Crippen MR) is 111 cm³/mol. The molecule has 1 amide bonds. The van der Waals surface area contributed by atoms with Crippen LogP contribution in [0.2, 0.25) is 0 Å². The van der Waals surface area contributed by atoms with Gasteiger partial charge in [-0.1, -0.05) is 60.3 Å². The molecule has 150 valence electrons. The van der Waals surface area contributed by atoms with E-state index < -0.39 is 0 Å². The van der Waals surface area contributed by atoms with Crippen LogP contribution in [0.5, 0.6) is 0 Å². The van der Waals surface area contributed by atoms with E-state index in [2.05, 4.69) is 26.9 Å². The number of thioether (sulfide) groups is 1. The van der Waals surface area contributed by atoms with Crippen LogP contribution < -0.4 is 0 Å². The summed E-state index contributed by atoms with van der Waals surface area (Å²) >= 11 is 1.39. The van der Waals surface area contributed by atoms with Crippen molar-refractivity contribution >= 4 is 17.7 Å². The van der Waals surface area contributed by atoms with Gasteiger partial charge in [-0.2, -0.15) is 0 Å². The first-order valence-electron chi connectivity index (χ1n) is 9.69. The van der Waals surface area contributed by atoms with Crippen LogP contribution in [-0.4, -0.2) is 38.4 Å². The maximum absolute atomic E-state index is 13.8. The molecule has 0 radical (unpaired) electrons. The standard InChI is InChI=1S/C22H23FN4OS/c1-26(14-18-9-5-6-10-19(18)23)20(28)15-29-22-25-24-21(17-11-12-17)27(22)13-16-7-3-2-4-8-16/h2-10,17H,11-15H2,1H3. The van der Waals surface area contributed by atoms with Gasteiger partial charge in [0.1, 0.15) is 11.6 Å². The monoisotopic (exact) mass is 410 g/mol. The smallest absolute Gasteiger partial charge is 0.233 e. The third kappa shape index (κ3) is 4.85. The second-order valence-electron chi connectivity index (χ2n) is 7.32. The molecule has 1 aromatic heterocycles. The van der Waals surface area contributed by atoms with Gasteiger partial charge in [0, 0.05) is 25.1 Å². The number of hydrogen-bond acceptors (Lipinski definition) is 4. The first kappa shape index (κ1) is 19.6. The quantitative estimate of drug-likeness (QED) is 0.525. The summed E-state index contributed by atoms with van der Waals surface area (Å²) in [6, 6.07) is 16.7. The molecule has 1 fully saturated rings. The molecule has 1 heterocycles. The van der Waals surface area contributed by atoms with Gasteiger partial charge in [-0.25, -0.2) is 4.39 Å². The molecule has 5 nitrogen and oxygen atoms in total. The average Bonchev–Trinajstić information content (AvgIpc) is 3.50. The van der Waals surface area contributed by atoms with E-state index in [1.165, 1.54) is 23.4 Å². The first-order chi connectivity index (χ1) is 14.1. The van der Waals surface area contributed by atoms with E-state index in [1.54, 1.807) is 30.1 Å².